The average Bonchev–Trinajstić information content (AvgIpc) is 3.11. The van der Waals surface area contributed by atoms with Crippen LogP contribution in [0.1, 0.15) is 35.6 Å². The summed E-state index contributed by atoms with van der Waals surface area (Å²) >= 11 is 1.86. The van der Waals surface area contributed by atoms with Gasteiger partial charge in [-0.15, -0.1) is 11.3 Å². The summed E-state index contributed by atoms with van der Waals surface area (Å²) in [4.78, 5) is 2.69. The van der Waals surface area contributed by atoms with Crippen LogP contribution in [-0.2, 0) is 13.1 Å². The van der Waals surface area contributed by atoms with Crippen molar-refractivity contribution in [1.82, 2.24) is 10.6 Å². The van der Waals surface area contributed by atoms with Crippen molar-refractivity contribution in [1.29, 1.82) is 0 Å². The Morgan fingerprint density at radius 3 is 2.80 bits per heavy atom. The lowest BCUT2D eigenvalue weighted by Gasteiger charge is -2.18. The largest absolute Gasteiger partial charge is 0.496 e. The van der Waals surface area contributed by atoms with Crippen molar-refractivity contribution in [3.63, 3.8) is 0 Å². The summed E-state index contributed by atoms with van der Waals surface area (Å²) < 4.78 is 5.41. The third-order valence-corrected chi connectivity index (χ3v) is 5.64. The molecule has 2 aromatic rings. The molecule has 0 unspecified atom stereocenters. The monoisotopic (exact) mass is 354 g/mol. The van der Waals surface area contributed by atoms with Gasteiger partial charge in [-0.3, -0.25) is 0 Å². The standard InChI is InChI=1S/C21H26N2OS/c1-4-16-11-19(15(2)23-12-16)21-10-9-18(25-21)14-22-13-17-7-5-6-8-20(17)24-3/h5-11,22-23H,4,12-14H2,1-3H3. The Morgan fingerprint density at radius 1 is 1.16 bits per heavy atom. The summed E-state index contributed by atoms with van der Waals surface area (Å²) in [5, 5.41) is 7.03. The number of nitrogens with one attached hydrogen (secondary N) is 2. The molecule has 2 heterocycles. The minimum atomic E-state index is 0.806. The first-order valence-electron chi connectivity index (χ1n) is 8.77. The molecule has 1 aliphatic heterocycles. The lowest BCUT2D eigenvalue weighted by atomic mass is 10.0. The fourth-order valence-electron chi connectivity index (χ4n) is 2.97. The third-order valence-electron chi connectivity index (χ3n) is 4.52. The van der Waals surface area contributed by atoms with Gasteiger partial charge in [-0.1, -0.05) is 36.8 Å². The molecular formula is C21H26N2OS. The molecular weight excluding hydrogens is 328 g/mol. The highest BCUT2D eigenvalue weighted by atomic mass is 32.1. The Bertz CT molecular complexity index is 789. The number of rotatable bonds is 7. The Morgan fingerprint density at radius 2 is 2.00 bits per heavy atom. The van der Waals surface area contributed by atoms with Crippen LogP contribution in [0.25, 0.3) is 5.57 Å². The molecule has 4 heteroatoms. The summed E-state index contributed by atoms with van der Waals surface area (Å²) in [5.41, 5.74) is 5.26. The number of dihydropyridines is 1. The number of hydrogen-bond acceptors (Lipinski definition) is 4. The quantitative estimate of drug-likeness (QED) is 0.755. The van der Waals surface area contributed by atoms with Crippen LogP contribution in [0.5, 0.6) is 5.75 Å². The van der Waals surface area contributed by atoms with Crippen LogP contribution in [0, 0.1) is 0 Å². The van der Waals surface area contributed by atoms with Gasteiger partial charge in [0.15, 0.2) is 0 Å². The first kappa shape index (κ1) is 17.8. The average molecular weight is 355 g/mol. The van der Waals surface area contributed by atoms with Gasteiger partial charge in [-0.05, 0) is 31.5 Å². The second kappa shape index (κ2) is 8.37. The number of allylic oxidation sites excluding steroid dienone is 3. The topological polar surface area (TPSA) is 33.3 Å². The van der Waals surface area contributed by atoms with Gasteiger partial charge in [0, 0.05) is 46.2 Å². The summed E-state index contributed by atoms with van der Waals surface area (Å²) in [6.07, 6.45) is 3.45. The van der Waals surface area contributed by atoms with E-state index in [1.807, 2.05) is 29.5 Å². The Balaban J connectivity index is 1.63. The summed E-state index contributed by atoms with van der Waals surface area (Å²) in [7, 11) is 1.72. The highest BCUT2D eigenvalue weighted by Crippen LogP contribution is 2.30. The van der Waals surface area contributed by atoms with Crippen molar-refractivity contribution < 1.29 is 4.74 Å². The lowest BCUT2D eigenvalue weighted by Crippen LogP contribution is -2.19. The summed E-state index contributed by atoms with van der Waals surface area (Å²) in [6, 6.07) is 12.6. The molecule has 0 atom stereocenters. The van der Waals surface area contributed by atoms with Gasteiger partial charge in [-0.25, -0.2) is 0 Å². The molecule has 0 bridgehead atoms. The van der Waals surface area contributed by atoms with E-state index in [1.165, 1.54) is 32.2 Å². The molecule has 0 saturated heterocycles. The molecule has 0 fully saturated rings. The van der Waals surface area contributed by atoms with E-state index < -0.39 is 0 Å². The van der Waals surface area contributed by atoms with E-state index in [2.05, 4.69) is 48.8 Å². The molecule has 0 saturated carbocycles. The fourth-order valence-corrected chi connectivity index (χ4v) is 4.03. The van der Waals surface area contributed by atoms with Gasteiger partial charge in [0.25, 0.3) is 0 Å². The van der Waals surface area contributed by atoms with Crippen molar-refractivity contribution in [2.24, 2.45) is 0 Å². The van der Waals surface area contributed by atoms with Gasteiger partial charge in [-0.2, -0.15) is 0 Å². The number of methoxy groups -OCH3 is 1. The van der Waals surface area contributed by atoms with Gasteiger partial charge in [0.1, 0.15) is 5.75 Å². The maximum absolute atomic E-state index is 5.41. The molecule has 2 N–H and O–H groups in total. The van der Waals surface area contributed by atoms with Crippen LogP contribution < -0.4 is 15.4 Å². The predicted octanol–water partition coefficient (Wildman–Crippen LogP) is 4.72. The SMILES string of the molecule is CCC1=CC(c2ccc(CNCc3ccccc3OC)s2)=C(C)NC1. The van der Waals surface area contributed by atoms with E-state index in [-0.39, 0.29) is 0 Å². The van der Waals surface area contributed by atoms with Crippen LogP contribution in [0.3, 0.4) is 0 Å². The molecule has 3 rings (SSSR count). The van der Waals surface area contributed by atoms with E-state index in [0.29, 0.717) is 0 Å². The Labute approximate surface area is 154 Å². The first-order valence-corrected chi connectivity index (χ1v) is 9.58. The molecule has 3 nitrogen and oxygen atoms in total. The van der Waals surface area contributed by atoms with E-state index in [4.69, 9.17) is 4.74 Å². The highest BCUT2D eigenvalue weighted by Gasteiger charge is 2.12. The highest BCUT2D eigenvalue weighted by molar-refractivity contribution is 7.13. The van der Waals surface area contributed by atoms with E-state index in [1.54, 1.807) is 7.11 Å². The molecule has 1 aromatic heterocycles. The third kappa shape index (κ3) is 4.33. The maximum atomic E-state index is 5.41. The predicted molar refractivity (Wildman–Crippen MR) is 107 cm³/mol. The summed E-state index contributed by atoms with van der Waals surface area (Å²) in [6.45, 7) is 7.03. The molecule has 1 aliphatic rings. The molecule has 25 heavy (non-hydrogen) atoms. The number of hydrogen-bond donors (Lipinski definition) is 2. The van der Waals surface area contributed by atoms with Crippen LogP contribution in [0.2, 0.25) is 0 Å². The second-order valence-corrected chi connectivity index (χ2v) is 7.40. The number of ether oxygens (including phenoxy) is 1. The smallest absolute Gasteiger partial charge is 0.123 e. The normalized spacial score (nSPS) is 14.3. The molecule has 132 valence electrons. The molecule has 0 amide bonds. The van der Waals surface area contributed by atoms with Gasteiger partial charge < -0.3 is 15.4 Å². The Kier molecular flexibility index (Phi) is 5.95. The molecule has 1 aromatic carbocycles. The van der Waals surface area contributed by atoms with Crippen molar-refractivity contribution in [3.05, 3.63) is 69.1 Å². The number of benzene rings is 1. The zero-order chi connectivity index (χ0) is 17.6. The Hall–Kier alpha value is -2.04. The minimum absolute atomic E-state index is 0.806. The van der Waals surface area contributed by atoms with Gasteiger partial charge >= 0.3 is 0 Å². The van der Waals surface area contributed by atoms with Crippen molar-refractivity contribution >= 4 is 16.9 Å². The second-order valence-electron chi connectivity index (χ2n) is 6.23. The zero-order valence-electron chi connectivity index (χ0n) is 15.2. The maximum Gasteiger partial charge on any atom is 0.123 e. The van der Waals surface area contributed by atoms with Gasteiger partial charge in [0.2, 0.25) is 0 Å². The van der Waals surface area contributed by atoms with Crippen molar-refractivity contribution in [2.45, 2.75) is 33.4 Å². The van der Waals surface area contributed by atoms with Crippen LogP contribution >= 0.6 is 11.3 Å². The van der Waals surface area contributed by atoms with Crippen LogP contribution in [-0.4, -0.2) is 13.7 Å². The molecule has 0 spiro atoms. The van der Waals surface area contributed by atoms with Crippen molar-refractivity contribution in [2.75, 3.05) is 13.7 Å². The number of thiophene rings is 1. The van der Waals surface area contributed by atoms with Gasteiger partial charge in [0.05, 0.1) is 7.11 Å². The zero-order valence-corrected chi connectivity index (χ0v) is 16.0. The van der Waals surface area contributed by atoms with E-state index in [0.717, 1.165) is 31.8 Å². The van der Waals surface area contributed by atoms with Crippen LogP contribution in [0.15, 0.2) is 53.7 Å². The molecule has 0 aliphatic carbocycles. The minimum Gasteiger partial charge on any atom is -0.496 e. The first-order chi connectivity index (χ1) is 12.2. The lowest BCUT2D eigenvalue weighted by molar-refractivity contribution is 0.407. The summed E-state index contributed by atoms with van der Waals surface area (Å²) in [5.74, 6) is 0.938. The van der Waals surface area contributed by atoms with E-state index in [9.17, 15) is 0 Å². The number of para-hydroxylation sites is 1. The van der Waals surface area contributed by atoms with Crippen molar-refractivity contribution in [3.8, 4) is 5.75 Å². The fraction of sp³-hybridized carbons (Fsp3) is 0.333. The van der Waals surface area contributed by atoms with Crippen LogP contribution in [0.4, 0.5) is 0 Å². The van der Waals surface area contributed by atoms with E-state index >= 15 is 0 Å². The molecule has 0 radical (unpaired) electrons.